The van der Waals surface area contributed by atoms with E-state index in [9.17, 15) is 22.5 Å². The summed E-state index contributed by atoms with van der Waals surface area (Å²) in [7, 11) is 0.478. The van der Waals surface area contributed by atoms with Crippen molar-refractivity contribution < 1.29 is 32.0 Å². The molecule has 8 heteroatoms. The molecule has 0 heterocycles. The van der Waals surface area contributed by atoms with Gasteiger partial charge in [-0.15, -0.1) is 0 Å². The predicted octanol–water partition coefficient (Wildman–Crippen LogP) is 2.76. The molecule has 0 saturated carbocycles. The Morgan fingerprint density at radius 2 is 1.68 bits per heavy atom. The number of carbonyl (C=O) groups is 1. The third-order valence-corrected chi connectivity index (χ3v) is 3.52. The third kappa shape index (κ3) is 3.79. The van der Waals surface area contributed by atoms with Gasteiger partial charge in [-0.1, -0.05) is 0 Å². The van der Waals surface area contributed by atoms with Gasteiger partial charge in [-0.25, -0.2) is 4.79 Å². The maximum absolute atomic E-state index is 12.4. The molecule has 0 aliphatic rings. The van der Waals surface area contributed by atoms with Crippen molar-refractivity contribution >= 4 is 21.8 Å². The van der Waals surface area contributed by atoms with Gasteiger partial charge < -0.3 is 14.0 Å². The smallest absolute Gasteiger partial charge is 0.416 e. The van der Waals surface area contributed by atoms with Gasteiger partial charge >= 0.3 is 12.1 Å². The summed E-state index contributed by atoms with van der Waals surface area (Å²) in [4.78, 5) is 11.4. The molecule has 0 aromatic heterocycles. The highest BCUT2D eigenvalue weighted by Crippen LogP contribution is 2.32. The second kappa shape index (κ2) is 6.18. The normalized spacial score (nSPS) is 13.9. The van der Waals surface area contributed by atoms with Gasteiger partial charge in [0.15, 0.2) is 0 Å². The minimum Gasteiger partial charge on any atom is -0.464 e. The van der Waals surface area contributed by atoms with Crippen LogP contribution < -0.4 is 0 Å². The molecule has 0 amide bonds. The fourth-order valence-electron chi connectivity index (χ4n) is 1.20. The van der Waals surface area contributed by atoms with Crippen molar-refractivity contribution in [3.8, 4) is 0 Å². The molecule has 0 aliphatic heterocycles. The molecule has 4 nitrogen and oxygen atoms in total. The van der Waals surface area contributed by atoms with Gasteiger partial charge in [-0.2, -0.15) is 13.2 Å². The van der Waals surface area contributed by atoms with Crippen molar-refractivity contribution in [1.29, 1.82) is 0 Å². The Morgan fingerprint density at radius 3 is 2.05 bits per heavy atom. The van der Waals surface area contributed by atoms with E-state index in [1.54, 1.807) is 0 Å². The van der Waals surface area contributed by atoms with E-state index in [1.165, 1.54) is 0 Å². The summed E-state index contributed by atoms with van der Waals surface area (Å²) >= 11 is 0. The molecule has 0 radical (unpaired) electrons. The fourth-order valence-corrected chi connectivity index (χ4v) is 2.21. The minimum absolute atomic E-state index is 0.121. The van der Waals surface area contributed by atoms with E-state index < -0.39 is 28.5 Å². The molecule has 106 valence electrons. The van der Waals surface area contributed by atoms with Crippen LogP contribution in [-0.4, -0.2) is 29.8 Å². The molecule has 0 spiro atoms. The Labute approximate surface area is 109 Å². The molecule has 0 aliphatic carbocycles. The lowest BCUT2D eigenvalue weighted by atomic mass is 10.2. The van der Waals surface area contributed by atoms with Crippen LogP contribution in [0.15, 0.2) is 29.2 Å². The largest absolute Gasteiger partial charge is 0.464 e. The average Bonchev–Trinajstić information content (AvgIpc) is 2.38. The van der Waals surface area contributed by atoms with Gasteiger partial charge in [0.25, 0.3) is 0 Å². The second-order valence-electron chi connectivity index (χ2n) is 3.29. The zero-order valence-corrected chi connectivity index (χ0v) is 10.8. The van der Waals surface area contributed by atoms with Crippen molar-refractivity contribution in [1.82, 2.24) is 0 Å². The molecule has 19 heavy (non-hydrogen) atoms. The predicted molar refractivity (Wildman–Crippen MR) is 64.0 cm³/mol. The maximum atomic E-state index is 12.4. The number of benzene rings is 1. The van der Waals surface area contributed by atoms with E-state index in [1.807, 2.05) is 0 Å². The minimum atomic E-state index is -4.46. The second-order valence-corrected chi connectivity index (χ2v) is 4.70. The van der Waals surface area contributed by atoms with Crippen LogP contribution in [0.25, 0.3) is 0 Å². The van der Waals surface area contributed by atoms with Crippen molar-refractivity contribution in [2.24, 2.45) is 0 Å². The molecule has 1 aromatic carbocycles. The van der Waals surface area contributed by atoms with Gasteiger partial charge in [0, 0.05) is 22.8 Å². The molecule has 1 N–H and O–H groups in total. The number of carbonyl (C=O) groups excluding carboxylic acids is 1. The monoisotopic (exact) mass is 296 g/mol. The summed E-state index contributed by atoms with van der Waals surface area (Å²) in [5.74, 6) is -0.881. The number of alkyl halides is 3. The summed E-state index contributed by atoms with van der Waals surface area (Å²) in [5.41, 5.74) is -0.842. The van der Waals surface area contributed by atoms with E-state index in [0.717, 1.165) is 38.5 Å². The highest BCUT2D eigenvalue weighted by Gasteiger charge is 2.30. The maximum Gasteiger partial charge on any atom is 0.416 e. The standard InChI is InChI=1S/C11H11F3O4S/c1-17-9(15)10(18-2)19(16)8-5-3-7(4-6-8)11(12,13)14/h3-6,16H,1-2H3. The fraction of sp³-hybridized carbons (Fsp3) is 0.273. The number of ether oxygens (including phenoxy) is 2. The number of methoxy groups -OCH3 is 2. The van der Waals surface area contributed by atoms with Crippen LogP contribution in [0.4, 0.5) is 13.2 Å². The lowest BCUT2D eigenvalue weighted by Crippen LogP contribution is -2.17. The molecule has 0 saturated heterocycles. The van der Waals surface area contributed by atoms with Gasteiger partial charge in [-0.3, -0.25) is 0 Å². The van der Waals surface area contributed by atoms with Crippen molar-refractivity contribution in [3.63, 3.8) is 0 Å². The first-order valence-electron chi connectivity index (χ1n) is 4.91. The van der Waals surface area contributed by atoms with Crippen molar-refractivity contribution in [2.45, 2.75) is 11.1 Å². The van der Waals surface area contributed by atoms with Crippen LogP contribution in [0.1, 0.15) is 5.56 Å². The number of hydrogen-bond donors (Lipinski definition) is 1. The Morgan fingerprint density at radius 1 is 1.16 bits per heavy atom. The number of halogens is 3. The van der Waals surface area contributed by atoms with Crippen LogP contribution in [0, 0.1) is 0 Å². The number of hydrogen-bond acceptors (Lipinski definition) is 4. The lowest BCUT2D eigenvalue weighted by Gasteiger charge is -2.10. The first kappa shape index (κ1) is 15.7. The summed E-state index contributed by atoms with van der Waals surface area (Å²) in [6.45, 7) is 0. The van der Waals surface area contributed by atoms with Crippen LogP contribution in [0.3, 0.4) is 0 Å². The van der Waals surface area contributed by atoms with E-state index >= 15 is 0 Å². The van der Waals surface area contributed by atoms with Crippen LogP contribution in [0.5, 0.6) is 0 Å². The van der Waals surface area contributed by atoms with E-state index in [0.29, 0.717) is 0 Å². The molecule has 0 bridgehead atoms. The quantitative estimate of drug-likeness (QED) is 0.639. The van der Waals surface area contributed by atoms with Crippen molar-refractivity contribution in [2.75, 3.05) is 14.2 Å². The number of rotatable bonds is 1. The van der Waals surface area contributed by atoms with Crippen LogP contribution in [-0.2, 0) is 20.4 Å². The van der Waals surface area contributed by atoms with Gasteiger partial charge in [0.1, 0.15) is 0 Å². The van der Waals surface area contributed by atoms with E-state index in [2.05, 4.69) is 4.74 Å². The molecule has 1 aromatic rings. The third-order valence-electron chi connectivity index (χ3n) is 2.12. The Kier molecular flexibility index (Phi) is 5.10. The highest BCUT2D eigenvalue weighted by atomic mass is 32.2. The first-order chi connectivity index (χ1) is 8.81. The van der Waals surface area contributed by atoms with Gasteiger partial charge in [0.05, 0.1) is 12.7 Å². The molecule has 1 unspecified atom stereocenters. The Hall–Kier alpha value is -1.38. The Bertz CT molecular complexity index is 494. The van der Waals surface area contributed by atoms with E-state index in [4.69, 9.17) is 4.74 Å². The summed E-state index contributed by atoms with van der Waals surface area (Å²) < 4.78 is 56.0. The van der Waals surface area contributed by atoms with Crippen LogP contribution >= 0.6 is 10.8 Å². The lowest BCUT2D eigenvalue weighted by molar-refractivity contribution is -0.137. The zero-order chi connectivity index (χ0) is 14.6. The van der Waals surface area contributed by atoms with Crippen LogP contribution in [0.2, 0.25) is 0 Å². The summed E-state index contributed by atoms with van der Waals surface area (Å²) in [6.07, 6.45) is -4.46. The molecular formula is C11H11F3O4S. The molecule has 1 rings (SSSR count). The number of esters is 1. The van der Waals surface area contributed by atoms with Gasteiger partial charge in [0.2, 0.25) is 5.05 Å². The molecular weight excluding hydrogens is 285 g/mol. The average molecular weight is 296 g/mol. The van der Waals surface area contributed by atoms with E-state index in [-0.39, 0.29) is 9.95 Å². The van der Waals surface area contributed by atoms with Crippen molar-refractivity contribution in [3.05, 3.63) is 29.8 Å². The first-order valence-corrected chi connectivity index (χ1v) is 6.09. The highest BCUT2D eigenvalue weighted by molar-refractivity contribution is 8.11. The summed E-state index contributed by atoms with van der Waals surface area (Å²) in [5, 5.41) is -0.373. The SMILES string of the molecule is COC(=O)/C(OC)=S(/O)c1ccc(C(F)(F)F)cc1. The zero-order valence-electron chi connectivity index (χ0n) is 10.0. The molecule has 1 atom stereocenters. The topological polar surface area (TPSA) is 55.8 Å². The van der Waals surface area contributed by atoms with Gasteiger partial charge in [-0.05, 0) is 24.3 Å². The summed E-state index contributed by atoms with van der Waals surface area (Å²) in [6, 6.07) is 3.79. The Balaban J connectivity index is 3.16. The molecule has 0 fully saturated rings.